The Kier molecular flexibility index (Phi) is 4.11. The van der Waals surface area contributed by atoms with Crippen LogP contribution in [0, 0.1) is 6.92 Å². The zero-order chi connectivity index (χ0) is 13.9. The average Bonchev–Trinajstić information content (AvgIpc) is 2.48. The lowest BCUT2D eigenvalue weighted by molar-refractivity contribution is 0.571. The van der Waals surface area contributed by atoms with E-state index in [0.717, 1.165) is 11.0 Å². The van der Waals surface area contributed by atoms with Crippen molar-refractivity contribution in [2.45, 2.75) is 32.1 Å². The number of benzene rings is 2. The molecule has 1 unspecified atom stereocenters. The molecule has 2 aromatic carbocycles. The van der Waals surface area contributed by atoms with Gasteiger partial charge in [0.1, 0.15) is 0 Å². The zero-order valence-electron chi connectivity index (χ0n) is 11.8. The van der Waals surface area contributed by atoms with E-state index in [1.165, 1.54) is 41.6 Å². The number of nitrogens with one attached hydrogen (secondary N) is 1. The van der Waals surface area contributed by atoms with E-state index in [2.05, 4.69) is 70.6 Å². The van der Waals surface area contributed by atoms with Crippen molar-refractivity contribution in [1.82, 2.24) is 0 Å². The van der Waals surface area contributed by atoms with Crippen LogP contribution in [0.2, 0.25) is 0 Å². The molecule has 1 nitrogen and oxygen atoms in total. The molecule has 3 rings (SSSR count). The molecular weight excluding hydrogens is 310 g/mol. The monoisotopic (exact) mass is 329 g/mol. The summed E-state index contributed by atoms with van der Waals surface area (Å²) in [5.41, 5.74) is 5.57. The van der Waals surface area contributed by atoms with Gasteiger partial charge < -0.3 is 5.32 Å². The van der Waals surface area contributed by atoms with Crippen LogP contribution in [0.5, 0.6) is 0 Å². The number of anilines is 1. The van der Waals surface area contributed by atoms with Crippen molar-refractivity contribution >= 4 is 21.6 Å². The highest BCUT2D eigenvalue weighted by Gasteiger charge is 2.19. The fraction of sp³-hybridized carbons (Fsp3) is 0.333. The van der Waals surface area contributed by atoms with Crippen LogP contribution in [-0.2, 0) is 6.42 Å². The number of hydrogen-bond acceptors (Lipinski definition) is 1. The molecule has 2 heteroatoms. The van der Waals surface area contributed by atoms with Crippen LogP contribution in [0.3, 0.4) is 0 Å². The van der Waals surface area contributed by atoms with Gasteiger partial charge in [0.25, 0.3) is 0 Å². The highest BCUT2D eigenvalue weighted by Crippen LogP contribution is 2.32. The highest BCUT2D eigenvalue weighted by atomic mass is 79.9. The van der Waals surface area contributed by atoms with Crippen LogP contribution in [0.15, 0.2) is 46.9 Å². The Hall–Kier alpha value is -1.28. The van der Waals surface area contributed by atoms with Gasteiger partial charge in [0, 0.05) is 22.6 Å². The average molecular weight is 330 g/mol. The largest absolute Gasteiger partial charge is 0.384 e. The predicted octanol–water partition coefficient (Wildman–Crippen LogP) is 5.29. The molecule has 2 aromatic rings. The minimum atomic E-state index is 0.632. The van der Waals surface area contributed by atoms with E-state index in [0.29, 0.717) is 5.92 Å². The maximum atomic E-state index is 3.62. The maximum absolute atomic E-state index is 3.62. The van der Waals surface area contributed by atoms with E-state index in [-0.39, 0.29) is 0 Å². The van der Waals surface area contributed by atoms with Gasteiger partial charge in [-0.25, -0.2) is 0 Å². The molecule has 0 amide bonds. The van der Waals surface area contributed by atoms with E-state index < -0.39 is 0 Å². The molecule has 1 atom stereocenters. The van der Waals surface area contributed by atoms with E-state index in [1.807, 2.05) is 0 Å². The van der Waals surface area contributed by atoms with Crippen molar-refractivity contribution in [3.05, 3.63) is 63.6 Å². The lowest BCUT2D eigenvalue weighted by Crippen LogP contribution is -2.18. The summed E-state index contributed by atoms with van der Waals surface area (Å²) < 4.78 is 1.15. The van der Waals surface area contributed by atoms with Gasteiger partial charge in [-0.1, -0.05) is 30.3 Å². The molecule has 0 heterocycles. The fourth-order valence-corrected chi connectivity index (χ4v) is 3.46. The van der Waals surface area contributed by atoms with Crippen LogP contribution in [-0.4, -0.2) is 6.54 Å². The quantitative estimate of drug-likeness (QED) is 0.806. The second-order valence-corrected chi connectivity index (χ2v) is 6.51. The lowest BCUT2D eigenvalue weighted by Gasteiger charge is -2.26. The van der Waals surface area contributed by atoms with Gasteiger partial charge in [0.15, 0.2) is 0 Å². The molecule has 1 N–H and O–H groups in total. The Labute approximate surface area is 129 Å². The van der Waals surface area contributed by atoms with Gasteiger partial charge in [-0.05, 0) is 70.9 Å². The van der Waals surface area contributed by atoms with E-state index in [9.17, 15) is 0 Å². The van der Waals surface area contributed by atoms with Crippen molar-refractivity contribution in [2.24, 2.45) is 0 Å². The molecule has 0 aromatic heterocycles. The van der Waals surface area contributed by atoms with Crippen LogP contribution in [0.25, 0.3) is 0 Å². The summed E-state index contributed by atoms with van der Waals surface area (Å²) in [6.45, 7) is 3.15. The molecule has 0 fully saturated rings. The Bertz CT molecular complexity index is 606. The van der Waals surface area contributed by atoms with Crippen molar-refractivity contribution in [1.29, 1.82) is 0 Å². The number of hydrogen-bond donors (Lipinski definition) is 1. The second kappa shape index (κ2) is 6.01. The molecule has 0 bridgehead atoms. The number of aryl methyl sites for hydroxylation is 2. The summed E-state index contributed by atoms with van der Waals surface area (Å²) in [5.74, 6) is 0.632. The summed E-state index contributed by atoms with van der Waals surface area (Å²) >= 11 is 3.62. The summed E-state index contributed by atoms with van der Waals surface area (Å²) in [6, 6.07) is 15.4. The zero-order valence-corrected chi connectivity index (χ0v) is 13.4. The second-order valence-electron chi connectivity index (χ2n) is 5.65. The fourth-order valence-electron chi connectivity index (χ4n) is 3.07. The van der Waals surface area contributed by atoms with Gasteiger partial charge in [-0.15, -0.1) is 0 Å². The molecule has 0 saturated carbocycles. The molecule has 0 saturated heterocycles. The van der Waals surface area contributed by atoms with Crippen LogP contribution < -0.4 is 5.32 Å². The van der Waals surface area contributed by atoms with Gasteiger partial charge in [0.2, 0.25) is 0 Å². The van der Waals surface area contributed by atoms with E-state index in [4.69, 9.17) is 0 Å². The summed E-state index contributed by atoms with van der Waals surface area (Å²) in [6.07, 6.45) is 3.83. The highest BCUT2D eigenvalue weighted by molar-refractivity contribution is 9.10. The molecule has 0 spiro atoms. The number of halogens is 1. The van der Waals surface area contributed by atoms with Crippen molar-refractivity contribution in [2.75, 3.05) is 11.9 Å². The first-order chi connectivity index (χ1) is 9.74. The maximum Gasteiger partial charge on any atom is 0.0487 e. The summed E-state index contributed by atoms with van der Waals surface area (Å²) in [7, 11) is 0. The van der Waals surface area contributed by atoms with E-state index >= 15 is 0 Å². The normalized spacial score (nSPS) is 17.6. The minimum absolute atomic E-state index is 0.632. The molecule has 1 aliphatic rings. The van der Waals surface area contributed by atoms with E-state index in [1.54, 1.807) is 0 Å². The Morgan fingerprint density at radius 1 is 1.20 bits per heavy atom. The number of rotatable bonds is 3. The van der Waals surface area contributed by atoms with Gasteiger partial charge in [-0.2, -0.15) is 0 Å². The summed E-state index contributed by atoms with van der Waals surface area (Å²) in [5, 5.41) is 3.62. The van der Waals surface area contributed by atoms with Gasteiger partial charge in [0.05, 0.1) is 0 Å². The van der Waals surface area contributed by atoms with Crippen molar-refractivity contribution < 1.29 is 0 Å². The third kappa shape index (κ3) is 2.90. The van der Waals surface area contributed by atoms with Crippen LogP contribution in [0.4, 0.5) is 5.69 Å². The SMILES string of the molecule is Cc1ccc(Br)c(NCC2CCCc3ccccc32)c1. The van der Waals surface area contributed by atoms with Crippen LogP contribution >= 0.6 is 15.9 Å². The minimum Gasteiger partial charge on any atom is -0.384 e. The lowest BCUT2D eigenvalue weighted by atomic mass is 9.83. The summed E-state index contributed by atoms with van der Waals surface area (Å²) in [4.78, 5) is 0. The molecule has 1 aliphatic carbocycles. The topological polar surface area (TPSA) is 12.0 Å². The van der Waals surface area contributed by atoms with Gasteiger partial charge in [-0.3, -0.25) is 0 Å². The molecule has 104 valence electrons. The molecule has 0 aliphatic heterocycles. The first kappa shape index (κ1) is 13.7. The Morgan fingerprint density at radius 2 is 2.05 bits per heavy atom. The number of fused-ring (bicyclic) bond motifs is 1. The standard InChI is InChI=1S/C18H20BrN/c1-13-9-10-17(19)18(11-13)20-12-15-7-4-6-14-5-2-3-8-16(14)15/h2-3,5,8-11,15,20H,4,6-7,12H2,1H3. The Balaban J connectivity index is 1.75. The van der Waals surface area contributed by atoms with Crippen molar-refractivity contribution in [3.63, 3.8) is 0 Å². The first-order valence-corrected chi connectivity index (χ1v) is 8.11. The molecule has 20 heavy (non-hydrogen) atoms. The third-order valence-electron chi connectivity index (χ3n) is 4.15. The first-order valence-electron chi connectivity index (χ1n) is 7.32. The molecule has 0 radical (unpaired) electrons. The predicted molar refractivity (Wildman–Crippen MR) is 89.5 cm³/mol. The van der Waals surface area contributed by atoms with Crippen molar-refractivity contribution in [3.8, 4) is 0 Å². The third-order valence-corrected chi connectivity index (χ3v) is 4.85. The molecular formula is C18H20BrN. The smallest absolute Gasteiger partial charge is 0.0487 e. The van der Waals surface area contributed by atoms with Gasteiger partial charge >= 0.3 is 0 Å². The Morgan fingerprint density at radius 3 is 2.95 bits per heavy atom. The van der Waals surface area contributed by atoms with Crippen LogP contribution in [0.1, 0.15) is 35.4 Å².